The number of ether oxygens (including phenoxy) is 1. The van der Waals surface area contributed by atoms with Gasteiger partial charge in [0.15, 0.2) is 5.96 Å². The highest BCUT2D eigenvalue weighted by molar-refractivity contribution is 7.99. The molecule has 1 saturated carbocycles. The molecule has 2 aliphatic heterocycles. The van der Waals surface area contributed by atoms with E-state index in [1.165, 1.54) is 50.0 Å². The molecular weight excluding hydrogens is 270 g/mol. The highest BCUT2D eigenvalue weighted by atomic mass is 32.2. The third kappa shape index (κ3) is 3.42. The molecule has 20 heavy (non-hydrogen) atoms. The zero-order valence-corrected chi connectivity index (χ0v) is 13.2. The van der Waals surface area contributed by atoms with Crippen LogP contribution in [-0.4, -0.2) is 53.7 Å². The summed E-state index contributed by atoms with van der Waals surface area (Å²) >= 11 is 2.00. The van der Waals surface area contributed by atoms with Crippen LogP contribution < -0.4 is 5.73 Å². The third-order valence-electron chi connectivity index (χ3n) is 4.90. The number of aliphatic imine (C=N–C) groups is 1. The van der Waals surface area contributed by atoms with Crippen molar-refractivity contribution in [2.45, 2.75) is 56.7 Å². The van der Waals surface area contributed by atoms with Crippen LogP contribution in [0.25, 0.3) is 0 Å². The van der Waals surface area contributed by atoms with Gasteiger partial charge in [0.2, 0.25) is 0 Å². The molecule has 1 spiro atoms. The lowest BCUT2D eigenvalue weighted by Gasteiger charge is -2.33. The van der Waals surface area contributed by atoms with Crippen molar-refractivity contribution < 1.29 is 4.74 Å². The van der Waals surface area contributed by atoms with Gasteiger partial charge in [0.1, 0.15) is 0 Å². The van der Waals surface area contributed by atoms with Gasteiger partial charge in [-0.2, -0.15) is 11.8 Å². The second kappa shape index (κ2) is 6.56. The number of rotatable bonds is 2. The number of nitrogens with zero attached hydrogens (tertiary/aromatic N) is 2. The summed E-state index contributed by atoms with van der Waals surface area (Å²) < 4.78 is 6.34. The number of thioether (sulfide) groups is 1. The van der Waals surface area contributed by atoms with Gasteiger partial charge in [0, 0.05) is 24.6 Å². The van der Waals surface area contributed by atoms with Crippen LogP contribution in [0.5, 0.6) is 0 Å². The maximum Gasteiger partial charge on any atom is 0.191 e. The molecule has 0 aromatic rings. The number of hydrogen-bond acceptors (Lipinski definition) is 3. The van der Waals surface area contributed by atoms with E-state index in [0.717, 1.165) is 32.0 Å². The Morgan fingerprint density at radius 2 is 1.95 bits per heavy atom. The summed E-state index contributed by atoms with van der Waals surface area (Å²) in [6, 6.07) is 0. The number of guanidine groups is 1. The lowest BCUT2D eigenvalue weighted by atomic mass is 9.83. The van der Waals surface area contributed by atoms with Crippen molar-refractivity contribution in [1.29, 1.82) is 0 Å². The SMILES string of the molecule is NC(=NCC1CCC2(CCCCC2)O1)N1CCSCC1. The fourth-order valence-electron chi connectivity index (χ4n) is 3.68. The second-order valence-electron chi connectivity index (χ2n) is 6.32. The van der Waals surface area contributed by atoms with E-state index in [-0.39, 0.29) is 5.60 Å². The molecule has 1 aliphatic carbocycles. The molecule has 2 N–H and O–H groups in total. The van der Waals surface area contributed by atoms with Gasteiger partial charge in [-0.3, -0.25) is 4.99 Å². The normalized spacial score (nSPS) is 30.9. The third-order valence-corrected chi connectivity index (χ3v) is 5.84. The van der Waals surface area contributed by atoms with Gasteiger partial charge in [-0.1, -0.05) is 19.3 Å². The molecule has 114 valence electrons. The Morgan fingerprint density at radius 3 is 2.70 bits per heavy atom. The molecule has 0 amide bonds. The summed E-state index contributed by atoms with van der Waals surface area (Å²) in [4.78, 5) is 6.80. The maximum absolute atomic E-state index is 6.34. The highest BCUT2D eigenvalue weighted by Gasteiger charge is 2.40. The predicted molar refractivity (Wildman–Crippen MR) is 85.3 cm³/mol. The first-order chi connectivity index (χ1) is 9.77. The van der Waals surface area contributed by atoms with Gasteiger partial charge in [-0.05, 0) is 25.7 Å². The van der Waals surface area contributed by atoms with Crippen LogP contribution in [0.2, 0.25) is 0 Å². The van der Waals surface area contributed by atoms with Crippen LogP contribution in [0.1, 0.15) is 44.9 Å². The van der Waals surface area contributed by atoms with E-state index in [4.69, 9.17) is 10.5 Å². The average molecular weight is 297 g/mol. The maximum atomic E-state index is 6.34. The Balaban J connectivity index is 1.48. The minimum Gasteiger partial charge on any atom is -0.370 e. The van der Waals surface area contributed by atoms with Crippen molar-refractivity contribution in [2.24, 2.45) is 10.7 Å². The standard InChI is InChI=1S/C15H27N3OS/c16-14(18-8-10-20-11-9-18)17-12-13-4-7-15(19-13)5-2-1-3-6-15/h13H,1-12H2,(H2,16,17). The summed E-state index contributed by atoms with van der Waals surface area (Å²) in [7, 11) is 0. The molecule has 5 heteroatoms. The Bertz CT molecular complexity index is 349. The lowest BCUT2D eigenvalue weighted by Crippen LogP contribution is -2.43. The molecular formula is C15H27N3OS. The van der Waals surface area contributed by atoms with Gasteiger partial charge >= 0.3 is 0 Å². The molecule has 0 aromatic carbocycles. The summed E-state index contributed by atoms with van der Waals surface area (Å²) in [6.45, 7) is 2.82. The zero-order valence-electron chi connectivity index (χ0n) is 12.4. The Labute approximate surface area is 126 Å². The van der Waals surface area contributed by atoms with Crippen molar-refractivity contribution in [1.82, 2.24) is 4.90 Å². The van der Waals surface area contributed by atoms with Crippen LogP contribution in [-0.2, 0) is 4.74 Å². The molecule has 3 fully saturated rings. The molecule has 4 nitrogen and oxygen atoms in total. The second-order valence-corrected chi connectivity index (χ2v) is 7.55. The summed E-state index contributed by atoms with van der Waals surface area (Å²) in [5.41, 5.74) is 6.31. The summed E-state index contributed by atoms with van der Waals surface area (Å²) in [6.07, 6.45) is 9.25. The predicted octanol–water partition coefficient (Wildman–Crippen LogP) is 2.23. The van der Waals surface area contributed by atoms with Crippen LogP contribution in [0.3, 0.4) is 0 Å². The van der Waals surface area contributed by atoms with Crippen molar-refractivity contribution >= 4 is 17.7 Å². The van der Waals surface area contributed by atoms with Crippen LogP contribution in [0, 0.1) is 0 Å². The molecule has 0 bridgehead atoms. The van der Waals surface area contributed by atoms with E-state index in [9.17, 15) is 0 Å². The Hall–Kier alpha value is -0.420. The van der Waals surface area contributed by atoms with E-state index < -0.39 is 0 Å². The van der Waals surface area contributed by atoms with Crippen molar-refractivity contribution in [2.75, 3.05) is 31.1 Å². The smallest absolute Gasteiger partial charge is 0.191 e. The van der Waals surface area contributed by atoms with E-state index in [0.29, 0.717) is 6.10 Å². The number of nitrogens with two attached hydrogens (primary N) is 1. The molecule has 3 aliphatic rings. The quantitative estimate of drug-likeness (QED) is 0.627. The molecule has 2 heterocycles. The van der Waals surface area contributed by atoms with Gasteiger partial charge in [-0.15, -0.1) is 0 Å². The zero-order chi connectivity index (χ0) is 13.8. The van der Waals surface area contributed by atoms with E-state index in [2.05, 4.69) is 9.89 Å². The Morgan fingerprint density at radius 1 is 1.20 bits per heavy atom. The first kappa shape index (κ1) is 14.5. The minimum atomic E-state index is 0.203. The molecule has 2 saturated heterocycles. The molecule has 0 aromatic heterocycles. The van der Waals surface area contributed by atoms with E-state index in [1.807, 2.05) is 11.8 Å². The average Bonchev–Trinajstić information content (AvgIpc) is 2.89. The van der Waals surface area contributed by atoms with Gasteiger partial charge in [0.05, 0.1) is 18.2 Å². The van der Waals surface area contributed by atoms with Gasteiger partial charge in [-0.25, -0.2) is 0 Å². The van der Waals surface area contributed by atoms with E-state index >= 15 is 0 Å². The first-order valence-electron chi connectivity index (χ1n) is 8.08. The molecule has 3 rings (SSSR count). The van der Waals surface area contributed by atoms with Gasteiger partial charge < -0.3 is 15.4 Å². The summed E-state index contributed by atoms with van der Waals surface area (Å²) in [5, 5.41) is 0. The fourth-order valence-corrected chi connectivity index (χ4v) is 4.58. The monoisotopic (exact) mass is 297 g/mol. The van der Waals surface area contributed by atoms with Crippen LogP contribution in [0.15, 0.2) is 4.99 Å². The fraction of sp³-hybridized carbons (Fsp3) is 0.933. The van der Waals surface area contributed by atoms with Crippen molar-refractivity contribution in [3.63, 3.8) is 0 Å². The van der Waals surface area contributed by atoms with Crippen LogP contribution >= 0.6 is 11.8 Å². The minimum absolute atomic E-state index is 0.203. The highest BCUT2D eigenvalue weighted by Crippen LogP contribution is 2.41. The van der Waals surface area contributed by atoms with E-state index in [1.54, 1.807) is 0 Å². The molecule has 1 unspecified atom stereocenters. The van der Waals surface area contributed by atoms with Crippen LogP contribution in [0.4, 0.5) is 0 Å². The van der Waals surface area contributed by atoms with Crippen molar-refractivity contribution in [3.05, 3.63) is 0 Å². The molecule has 0 radical (unpaired) electrons. The topological polar surface area (TPSA) is 50.9 Å². The lowest BCUT2D eigenvalue weighted by molar-refractivity contribution is -0.0599. The molecule has 1 atom stereocenters. The largest absolute Gasteiger partial charge is 0.370 e. The first-order valence-corrected chi connectivity index (χ1v) is 9.23. The van der Waals surface area contributed by atoms with Crippen molar-refractivity contribution in [3.8, 4) is 0 Å². The summed E-state index contributed by atoms with van der Waals surface area (Å²) in [5.74, 6) is 3.05. The van der Waals surface area contributed by atoms with Gasteiger partial charge in [0.25, 0.3) is 0 Å². The Kier molecular flexibility index (Phi) is 4.76. The number of hydrogen-bond donors (Lipinski definition) is 1.